The average Bonchev–Trinajstić information content (AvgIpc) is 2.66. The Morgan fingerprint density at radius 1 is 0.889 bits per heavy atom. The summed E-state index contributed by atoms with van der Waals surface area (Å²) in [7, 11) is 5.78. The maximum absolute atomic E-state index is 5.39. The number of hydrogen-bond donors (Lipinski definition) is 0. The van der Waals surface area contributed by atoms with Gasteiger partial charge in [-0.2, -0.15) is 0 Å². The standard InChI is InChI=1S/C9H22O3Si.C5H12OSi.C3H10O2Si.Pt/c1-9(2,10-3)7-8-13(6,11-4)12-5;1-5-7(3,4)6-2;1-4-6(3)5-2;/h7-8H2,1-6H3;5H,1H2,2-4H3;6H,1-3H3;. The van der Waals surface area contributed by atoms with Crippen LogP contribution in [0, 0.1) is 0 Å². The molecule has 0 atom stereocenters. The summed E-state index contributed by atoms with van der Waals surface area (Å²) in [5.41, 5.74) is 1.83. The Morgan fingerprint density at radius 3 is 1.44 bits per heavy atom. The van der Waals surface area contributed by atoms with Crippen LogP contribution in [0.1, 0.15) is 20.3 Å². The van der Waals surface area contributed by atoms with Crippen LogP contribution >= 0.6 is 0 Å². The molecule has 6 nitrogen and oxygen atoms in total. The third-order valence-corrected chi connectivity index (χ3v) is 10.5. The molecule has 0 saturated carbocycles. The van der Waals surface area contributed by atoms with Gasteiger partial charge in [0.15, 0.2) is 0 Å². The number of hydrogen-bond acceptors (Lipinski definition) is 6. The summed E-state index contributed by atoms with van der Waals surface area (Å²) in [6.45, 7) is 16.0. The molecule has 10 heteroatoms. The van der Waals surface area contributed by atoms with Crippen LogP contribution in [0.25, 0.3) is 0 Å². The minimum Gasteiger partial charge on any atom is -0.417 e. The van der Waals surface area contributed by atoms with E-state index in [4.69, 9.17) is 26.9 Å². The van der Waals surface area contributed by atoms with Crippen LogP contribution in [0.15, 0.2) is 12.3 Å². The van der Waals surface area contributed by atoms with E-state index in [1.807, 2.05) is 12.2 Å². The van der Waals surface area contributed by atoms with E-state index in [-0.39, 0.29) is 26.7 Å². The van der Waals surface area contributed by atoms with Gasteiger partial charge in [-0.25, -0.2) is 0 Å². The van der Waals surface area contributed by atoms with Gasteiger partial charge in [-0.15, -0.1) is 6.58 Å². The zero-order valence-electron chi connectivity index (χ0n) is 19.5. The summed E-state index contributed by atoms with van der Waals surface area (Å²) in [6, 6.07) is 0.959. The summed E-state index contributed by atoms with van der Waals surface area (Å²) in [5, 5.41) is 0. The molecule has 170 valence electrons. The van der Waals surface area contributed by atoms with Gasteiger partial charge in [0.05, 0.1) is 5.60 Å². The summed E-state index contributed by atoms with van der Waals surface area (Å²) >= 11 is 0. The molecule has 0 fully saturated rings. The van der Waals surface area contributed by atoms with Crippen molar-refractivity contribution in [3.05, 3.63) is 12.3 Å². The molecular weight excluding hydrogens is 580 g/mol. The van der Waals surface area contributed by atoms with Gasteiger partial charge in [0.25, 0.3) is 0 Å². The molecule has 0 saturated heterocycles. The van der Waals surface area contributed by atoms with Gasteiger partial charge in [-0.05, 0) is 52.5 Å². The molecule has 0 aromatic carbocycles. The number of methoxy groups -OCH3 is 1. The molecule has 0 aromatic rings. The molecule has 0 heterocycles. The molecule has 0 radical (unpaired) electrons. The monoisotopic (exact) mass is 623 g/mol. The molecular formula is C17H44O6PtSi3. The van der Waals surface area contributed by atoms with Crippen molar-refractivity contribution in [2.24, 2.45) is 0 Å². The molecule has 0 aromatic heterocycles. The topological polar surface area (TPSA) is 55.4 Å². The number of ether oxygens (including phenoxy) is 1. The van der Waals surface area contributed by atoms with Gasteiger partial charge in [-0.1, -0.05) is 5.70 Å². The molecule has 0 N–H and O–H groups in total. The quantitative estimate of drug-likeness (QED) is 0.345. The van der Waals surface area contributed by atoms with Gasteiger partial charge in [0.2, 0.25) is 8.32 Å². The van der Waals surface area contributed by atoms with Crippen molar-refractivity contribution in [1.29, 1.82) is 0 Å². The van der Waals surface area contributed by atoms with Gasteiger partial charge >= 0.3 is 17.8 Å². The van der Waals surface area contributed by atoms with Crippen molar-refractivity contribution in [2.45, 2.75) is 58.1 Å². The van der Waals surface area contributed by atoms with Crippen molar-refractivity contribution in [3.63, 3.8) is 0 Å². The Balaban J connectivity index is -0.000000160. The summed E-state index contributed by atoms with van der Waals surface area (Å²) in [4.78, 5) is 0. The molecule has 0 unspecified atom stereocenters. The van der Waals surface area contributed by atoms with Crippen molar-refractivity contribution < 1.29 is 47.9 Å². The van der Waals surface area contributed by atoms with E-state index in [1.165, 1.54) is 0 Å². The first kappa shape index (κ1) is 35.3. The van der Waals surface area contributed by atoms with Gasteiger partial charge in [0.1, 0.15) is 0 Å². The van der Waals surface area contributed by atoms with E-state index in [0.29, 0.717) is 0 Å². The van der Waals surface area contributed by atoms with Crippen LogP contribution in [0.3, 0.4) is 0 Å². The van der Waals surface area contributed by atoms with Crippen molar-refractivity contribution in [3.8, 4) is 0 Å². The van der Waals surface area contributed by atoms with Crippen LogP contribution in [0.2, 0.25) is 32.2 Å². The third-order valence-electron chi connectivity index (χ3n) is 4.28. The Kier molecular flexibility index (Phi) is 24.6. The summed E-state index contributed by atoms with van der Waals surface area (Å²) in [5.74, 6) is 0. The normalized spacial score (nSPS) is 11.6. The molecule has 0 aliphatic heterocycles. The van der Waals surface area contributed by atoms with E-state index < -0.39 is 26.2 Å². The second-order valence-electron chi connectivity index (χ2n) is 7.06. The fourth-order valence-corrected chi connectivity index (χ4v) is 3.09. The largest absolute Gasteiger partial charge is 0.417 e. The van der Waals surface area contributed by atoms with E-state index in [2.05, 4.69) is 40.1 Å². The van der Waals surface area contributed by atoms with Crippen LogP contribution in [-0.4, -0.2) is 74.4 Å². The van der Waals surface area contributed by atoms with Crippen molar-refractivity contribution in [1.82, 2.24) is 0 Å². The maximum atomic E-state index is 5.39. The van der Waals surface area contributed by atoms with Crippen LogP contribution in [0.4, 0.5) is 0 Å². The average molecular weight is 624 g/mol. The first-order valence-electron chi connectivity index (χ1n) is 8.72. The molecule has 0 aliphatic carbocycles. The van der Waals surface area contributed by atoms with Crippen molar-refractivity contribution >= 4 is 26.2 Å². The Morgan fingerprint density at radius 2 is 1.30 bits per heavy atom. The predicted octanol–water partition coefficient (Wildman–Crippen LogP) is 3.86. The van der Waals surface area contributed by atoms with E-state index in [1.54, 1.807) is 42.7 Å². The predicted molar refractivity (Wildman–Crippen MR) is 118 cm³/mol. The van der Waals surface area contributed by atoms with Crippen LogP contribution in [-0.2, 0) is 47.9 Å². The SMILES string of the molecule is C=C[Si](C)(C)OC.COC(C)(C)CC[Si](C)(OC)OC.CO[SiH](C)OC.[Pt]. The van der Waals surface area contributed by atoms with Crippen LogP contribution < -0.4 is 0 Å². The Hall–Kier alpha value is 0.839. The molecule has 0 spiro atoms. The first-order valence-corrected chi connectivity index (χ1v) is 16.3. The fraction of sp³-hybridized carbons (Fsp3) is 0.882. The third kappa shape index (κ3) is 23.0. The molecule has 0 rings (SSSR count). The minimum absolute atomic E-state index is 0. The fourth-order valence-electron chi connectivity index (χ4n) is 1.10. The van der Waals surface area contributed by atoms with Crippen molar-refractivity contribution in [2.75, 3.05) is 42.7 Å². The second kappa shape index (κ2) is 18.8. The van der Waals surface area contributed by atoms with E-state index in [9.17, 15) is 0 Å². The Bertz CT molecular complexity index is 339. The van der Waals surface area contributed by atoms with Gasteiger partial charge < -0.3 is 26.9 Å². The molecule has 27 heavy (non-hydrogen) atoms. The summed E-state index contributed by atoms with van der Waals surface area (Å²) < 4.78 is 30.8. The zero-order valence-corrected chi connectivity index (χ0v) is 25.0. The number of rotatable bonds is 10. The van der Waals surface area contributed by atoms with Crippen LogP contribution in [0.5, 0.6) is 0 Å². The smallest absolute Gasteiger partial charge is 0.334 e. The second-order valence-corrected chi connectivity index (χ2v) is 16.7. The van der Waals surface area contributed by atoms with Gasteiger partial charge in [-0.3, -0.25) is 0 Å². The van der Waals surface area contributed by atoms with E-state index in [0.717, 1.165) is 12.5 Å². The minimum atomic E-state index is -1.90. The summed E-state index contributed by atoms with van der Waals surface area (Å²) in [6.07, 6.45) is 0.966. The maximum Gasteiger partial charge on any atom is 0.334 e. The van der Waals surface area contributed by atoms with Gasteiger partial charge in [0, 0.05) is 63.7 Å². The zero-order chi connectivity index (χ0) is 21.4. The first-order chi connectivity index (χ1) is 11.8. The Labute approximate surface area is 186 Å². The molecule has 0 bridgehead atoms. The molecule has 0 amide bonds. The van der Waals surface area contributed by atoms with E-state index >= 15 is 0 Å². The molecule has 0 aliphatic rings.